The lowest BCUT2D eigenvalue weighted by molar-refractivity contribution is -0.129. The van der Waals surface area contributed by atoms with Crippen LogP contribution in [0.1, 0.15) is 20.3 Å². The summed E-state index contributed by atoms with van der Waals surface area (Å²) in [4.78, 5) is 28.1. The Morgan fingerprint density at radius 1 is 1.45 bits per heavy atom. The van der Waals surface area contributed by atoms with Crippen molar-refractivity contribution in [3.05, 3.63) is 12.7 Å². The maximum Gasteiger partial charge on any atom is 0.225 e. The predicted octanol–water partition coefficient (Wildman–Crippen LogP) is 0.248. The van der Waals surface area contributed by atoms with E-state index in [2.05, 4.69) is 30.6 Å². The van der Waals surface area contributed by atoms with Crippen LogP contribution in [0.15, 0.2) is 12.7 Å². The molecule has 6 nitrogen and oxygen atoms in total. The SMILES string of the molecule is C=CCN1CC(C(=O)NCC(C)(C)N2CCOCC2)CC1=O. The number of hydrogen-bond donors (Lipinski definition) is 1. The van der Waals surface area contributed by atoms with Crippen LogP contribution in [0, 0.1) is 5.92 Å². The number of carbonyl (C=O) groups excluding carboxylic acids is 2. The molecule has 2 aliphatic heterocycles. The summed E-state index contributed by atoms with van der Waals surface area (Å²) in [7, 11) is 0. The summed E-state index contributed by atoms with van der Waals surface area (Å²) in [5, 5.41) is 3.02. The van der Waals surface area contributed by atoms with Crippen molar-refractivity contribution in [3.63, 3.8) is 0 Å². The van der Waals surface area contributed by atoms with Crippen molar-refractivity contribution in [1.82, 2.24) is 15.1 Å². The third kappa shape index (κ3) is 4.08. The van der Waals surface area contributed by atoms with Gasteiger partial charge in [-0.2, -0.15) is 0 Å². The Kier molecular flexibility index (Phi) is 5.58. The number of hydrogen-bond acceptors (Lipinski definition) is 4. The van der Waals surface area contributed by atoms with Crippen LogP contribution in [0.2, 0.25) is 0 Å². The van der Waals surface area contributed by atoms with E-state index in [1.165, 1.54) is 0 Å². The molecule has 1 N–H and O–H groups in total. The van der Waals surface area contributed by atoms with E-state index in [9.17, 15) is 9.59 Å². The van der Waals surface area contributed by atoms with Crippen LogP contribution < -0.4 is 5.32 Å². The molecule has 1 unspecified atom stereocenters. The first-order chi connectivity index (χ1) is 10.4. The fourth-order valence-electron chi connectivity index (χ4n) is 3.01. The highest BCUT2D eigenvalue weighted by atomic mass is 16.5. The van der Waals surface area contributed by atoms with E-state index >= 15 is 0 Å². The highest BCUT2D eigenvalue weighted by molar-refractivity contribution is 5.89. The highest BCUT2D eigenvalue weighted by Gasteiger charge is 2.35. The molecule has 2 heterocycles. The third-order valence-electron chi connectivity index (χ3n) is 4.50. The number of rotatable bonds is 6. The van der Waals surface area contributed by atoms with Crippen LogP contribution in [0.5, 0.6) is 0 Å². The molecule has 0 aromatic carbocycles. The quantitative estimate of drug-likeness (QED) is 0.715. The van der Waals surface area contributed by atoms with Gasteiger partial charge in [-0.15, -0.1) is 6.58 Å². The van der Waals surface area contributed by atoms with Crippen LogP contribution in [0.3, 0.4) is 0 Å². The molecule has 2 aliphatic rings. The summed E-state index contributed by atoms with van der Waals surface area (Å²) >= 11 is 0. The van der Waals surface area contributed by atoms with Gasteiger partial charge in [-0.1, -0.05) is 6.08 Å². The lowest BCUT2D eigenvalue weighted by Gasteiger charge is -2.41. The molecule has 2 rings (SSSR count). The summed E-state index contributed by atoms with van der Waals surface area (Å²) in [6, 6.07) is 0. The molecule has 2 saturated heterocycles. The van der Waals surface area contributed by atoms with Gasteiger partial charge in [0.25, 0.3) is 0 Å². The van der Waals surface area contributed by atoms with Gasteiger partial charge in [0.2, 0.25) is 11.8 Å². The standard InChI is InChI=1S/C16H27N3O3/c1-4-5-18-11-13(10-14(18)20)15(21)17-12-16(2,3)19-6-8-22-9-7-19/h4,13H,1,5-12H2,2-3H3,(H,17,21). The molecule has 0 saturated carbocycles. The van der Waals surface area contributed by atoms with E-state index in [1.807, 2.05) is 0 Å². The molecular formula is C16H27N3O3. The van der Waals surface area contributed by atoms with Crippen molar-refractivity contribution in [2.24, 2.45) is 5.92 Å². The molecular weight excluding hydrogens is 282 g/mol. The van der Waals surface area contributed by atoms with Crippen molar-refractivity contribution < 1.29 is 14.3 Å². The molecule has 0 bridgehead atoms. The van der Waals surface area contributed by atoms with E-state index in [-0.39, 0.29) is 23.3 Å². The van der Waals surface area contributed by atoms with Crippen LogP contribution in [0.25, 0.3) is 0 Å². The second-order valence-electron chi connectivity index (χ2n) is 6.62. The first kappa shape index (κ1) is 17.0. The molecule has 0 aliphatic carbocycles. The van der Waals surface area contributed by atoms with Crippen LogP contribution >= 0.6 is 0 Å². The average Bonchev–Trinajstić information content (AvgIpc) is 2.87. The molecule has 2 amide bonds. The van der Waals surface area contributed by atoms with Gasteiger partial charge < -0.3 is 15.0 Å². The van der Waals surface area contributed by atoms with Crippen molar-refractivity contribution >= 4 is 11.8 Å². The second kappa shape index (κ2) is 7.24. The first-order valence-electron chi connectivity index (χ1n) is 7.93. The van der Waals surface area contributed by atoms with Crippen LogP contribution in [0.4, 0.5) is 0 Å². The van der Waals surface area contributed by atoms with E-state index in [4.69, 9.17) is 4.74 Å². The minimum Gasteiger partial charge on any atom is -0.379 e. The summed E-state index contributed by atoms with van der Waals surface area (Å²) in [5.74, 6) is -0.235. The van der Waals surface area contributed by atoms with Gasteiger partial charge in [0, 0.05) is 44.7 Å². The van der Waals surface area contributed by atoms with Gasteiger partial charge in [0.05, 0.1) is 19.1 Å². The molecule has 22 heavy (non-hydrogen) atoms. The molecule has 0 aromatic rings. The molecule has 0 radical (unpaired) electrons. The predicted molar refractivity (Wildman–Crippen MR) is 84.4 cm³/mol. The molecule has 6 heteroatoms. The van der Waals surface area contributed by atoms with Gasteiger partial charge in [-0.25, -0.2) is 0 Å². The van der Waals surface area contributed by atoms with Gasteiger partial charge in [0.1, 0.15) is 0 Å². The third-order valence-corrected chi connectivity index (χ3v) is 4.50. The van der Waals surface area contributed by atoms with Gasteiger partial charge in [-0.3, -0.25) is 14.5 Å². The average molecular weight is 309 g/mol. The van der Waals surface area contributed by atoms with Gasteiger partial charge in [0.15, 0.2) is 0 Å². The number of ether oxygens (including phenoxy) is 1. The van der Waals surface area contributed by atoms with E-state index < -0.39 is 0 Å². The normalized spacial score (nSPS) is 23.6. The van der Waals surface area contributed by atoms with Crippen molar-refractivity contribution in [1.29, 1.82) is 0 Å². The van der Waals surface area contributed by atoms with E-state index in [0.29, 0.717) is 26.1 Å². The zero-order valence-electron chi connectivity index (χ0n) is 13.6. The van der Waals surface area contributed by atoms with Crippen LogP contribution in [-0.4, -0.2) is 73.1 Å². The van der Waals surface area contributed by atoms with Crippen molar-refractivity contribution in [2.75, 3.05) is 45.9 Å². The summed E-state index contributed by atoms with van der Waals surface area (Å²) < 4.78 is 5.37. The maximum atomic E-state index is 12.3. The number of morpholine rings is 1. The highest BCUT2D eigenvalue weighted by Crippen LogP contribution is 2.19. The summed E-state index contributed by atoms with van der Waals surface area (Å²) in [6.45, 7) is 12.7. The van der Waals surface area contributed by atoms with Gasteiger partial charge >= 0.3 is 0 Å². The van der Waals surface area contributed by atoms with Crippen molar-refractivity contribution in [3.8, 4) is 0 Å². The van der Waals surface area contributed by atoms with Gasteiger partial charge in [-0.05, 0) is 13.8 Å². The number of amides is 2. The number of nitrogens with zero attached hydrogens (tertiary/aromatic N) is 2. The Balaban J connectivity index is 1.82. The van der Waals surface area contributed by atoms with E-state index in [1.54, 1.807) is 11.0 Å². The number of carbonyl (C=O) groups is 2. The second-order valence-corrected chi connectivity index (χ2v) is 6.62. The Hall–Kier alpha value is -1.40. The largest absolute Gasteiger partial charge is 0.379 e. The monoisotopic (exact) mass is 309 g/mol. The lowest BCUT2D eigenvalue weighted by Crippen LogP contribution is -2.55. The Morgan fingerprint density at radius 3 is 2.77 bits per heavy atom. The molecule has 2 fully saturated rings. The maximum absolute atomic E-state index is 12.3. The molecule has 124 valence electrons. The number of likely N-dealkylation sites (tertiary alicyclic amines) is 1. The summed E-state index contributed by atoms with van der Waals surface area (Å²) in [5.41, 5.74) is -0.108. The smallest absolute Gasteiger partial charge is 0.225 e. The lowest BCUT2D eigenvalue weighted by atomic mass is 10.0. The minimum atomic E-state index is -0.243. The molecule has 0 aromatic heterocycles. The Morgan fingerprint density at radius 2 is 2.14 bits per heavy atom. The fraction of sp³-hybridized carbons (Fsp3) is 0.750. The Labute approximate surface area is 132 Å². The molecule has 0 spiro atoms. The fourth-order valence-corrected chi connectivity index (χ4v) is 3.01. The summed E-state index contributed by atoms with van der Waals surface area (Å²) in [6.07, 6.45) is 2.00. The Bertz CT molecular complexity index is 430. The minimum absolute atomic E-state index is 0.0266. The molecule has 1 atom stereocenters. The van der Waals surface area contributed by atoms with Crippen molar-refractivity contribution in [2.45, 2.75) is 25.8 Å². The number of nitrogens with one attached hydrogen (secondary N) is 1. The van der Waals surface area contributed by atoms with Crippen LogP contribution in [-0.2, 0) is 14.3 Å². The zero-order valence-corrected chi connectivity index (χ0v) is 13.6. The zero-order chi connectivity index (χ0) is 16.2. The first-order valence-corrected chi connectivity index (χ1v) is 7.93. The van der Waals surface area contributed by atoms with E-state index in [0.717, 1.165) is 26.3 Å². The topological polar surface area (TPSA) is 61.9 Å².